The molecule has 0 spiro atoms. The molecule has 3 aromatic carbocycles. The van der Waals surface area contributed by atoms with Gasteiger partial charge >= 0.3 is 0 Å². The Bertz CT molecular complexity index is 983. The van der Waals surface area contributed by atoms with Gasteiger partial charge in [0.25, 0.3) is 0 Å². The van der Waals surface area contributed by atoms with Crippen molar-refractivity contribution in [3.05, 3.63) is 89.5 Å². The fourth-order valence-corrected chi connectivity index (χ4v) is 3.20. The fourth-order valence-electron chi connectivity index (χ4n) is 3.20. The van der Waals surface area contributed by atoms with Crippen LogP contribution in [0, 0.1) is 20.8 Å². The molecule has 3 fully saturated rings. The Morgan fingerprint density at radius 2 is 0.721 bits per heavy atom. The number of ether oxygens (including phenoxy) is 6. The third-order valence-electron chi connectivity index (χ3n) is 6.26. The van der Waals surface area contributed by atoms with Gasteiger partial charge in [-0.3, -0.25) is 0 Å². The van der Waals surface area contributed by atoms with Gasteiger partial charge in [0.1, 0.15) is 55.4 Å². The van der Waals surface area contributed by atoms with Gasteiger partial charge in [0.15, 0.2) is 0 Å². The summed E-state index contributed by atoms with van der Waals surface area (Å²) in [6.07, 6.45) is 4.90. The maximum Gasteiger partial charge on any atom is 0.122 e. The Morgan fingerprint density at radius 1 is 0.488 bits per heavy atom. The Morgan fingerprint density at radius 3 is 0.907 bits per heavy atom. The summed E-state index contributed by atoms with van der Waals surface area (Å²) in [5.74, 6) is 2.90. The van der Waals surface area contributed by atoms with Gasteiger partial charge in [-0.25, -0.2) is 0 Å². The molecular weight excluding hydrogens is 540 g/mol. The van der Waals surface area contributed by atoms with Gasteiger partial charge in [-0.05, 0) is 55.7 Å². The van der Waals surface area contributed by atoms with Crippen LogP contribution in [0.2, 0.25) is 0 Å². The molecule has 3 aliphatic heterocycles. The molecule has 6 rings (SSSR count). The van der Waals surface area contributed by atoms with Gasteiger partial charge in [0.05, 0.1) is 19.8 Å². The summed E-state index contributed by atoms with van der Waals surface area (Å²) in [6, 6.07) is 24.1. The standard InChI is InChI=1S/3C10H12O2.C4H10.C3H8/c3*1-8-4-2-3-5-10(8)12-7-9-6-11-9;1-3-4-2;1-3-2/h3*2-5,9H,6-7H2,1H3;3-4H2,1-2H3;3H2,1-2H3. The quantitative estimate of drug-likeness (QED) is 0.219. The molecule has 0 aliphatic carbocycles. The minimum Gasteiger partial charge on any atom is -0.491 e. The zero-order chi connectivity index (χ0) is 31.3. The molecule has 238 valence electrons. The second-order valence-electron chi connectivity index (χ2n) is 10.8. The molecule has 3 saturated heterocycles. The molecule has 3 heterocycles. The highest BCUT2D eigenvalue weighted by atomic mass is 16.6. The highest BCUT2D eigenvalue weighted by Gasteiger charge is 2.24. The summed E-state index contributed by atoms with van der Waals surface area (Å²) in [5.41, 5.74) is 3.54. The topological polar surface area (TPSA) is 65.3 Å². The Labute approximate surface area is 260 Å². The van der Waals surface area contributed by atoms with Crippen molar-refractivity contribution < 1.29 is 28.4 Å². The smallest absolute Gasteiger partial charge is 0.122 e. The van der Waals surface area contributed by atoms with E-state index in [9.17, 15) is 0 Å². The maximum atomic E-state index is 5.54. The number of hydrogen-bond acceptors (Lipinski definition) is 6. The van der Waals surface area contributed by atoms with E-state index in [2.05, 4.69) is 27.7 Å². The number of epoxide rings is 3. The van der Waals surface area contributed by atoms with Gasteiger partial charge in [0, 0.05) is 0 Å². The van der Waals surface area contributed by atoms with Gasteiger partial charge in [-0.1, -0.05) is 102 Å². The lowest BCUT2D eigenvalue weighted by Crippen LogP contribution is -2.04. The predicted octanol–water partition coefficient (Wildman–Crippen LogP) is 8.54. The molecule has 0 radical (unpaired) electrons. The summed E-state index contributed by atoms with van der Waals surface area (Å²) in [7, 11) is 0. The number of hydrogen-bond donors (Lipinski definition) is 0. The van der Waals surface area contributed by atoms with Gasteiger partial charge < -0.3 is 28.4 Å². The van der Waals surface area contributed by atoms with Crippen LogP contribution in [0.25, 0.3) is 0 Å². The number of aryl methyl sites for hydroxylation is 3. The Hall–Kier alpha value is -3.06. The van der Waals surface area contributed by atoms with Gasteiger partial charge in [-0.15, -0.1) is 0 Å². The molecule has 6 heteroatoms. The van der Waals surface area contributed by atoms with E-state index >= 15 is 0 Å². The number of para-hydroxylation sites is 3. The molecule has 3 unspecified atom stereocenters. The van der Waals surface area contributed by atoms with Crippen molar-refractivity contribution in [2.75, 3.05) is 39.6 Å². The lowest BCUT2D eigenvalue weighted by atomic mass is 10.2. The molecular formula is C37H54O6. The van der Waals surface area contributed by atoms with E-state index in [0.717, 1.165) is 37.1 Å². The number of unbranched alkanes of at least 4 members (excludes halogenated alkanes) is 1. The first-order valence-corrected chi connectivity index (χ1v) is 15.8. The summed E-state index contributed by atoms with van der Waals surface area (Å²) in [6.45, 7) is 19.4. The zero-order valence-electron chi connectivity index (χ0n) is 27.5. The third-order valence-corrected chi connectivity index (χ3v) is 6.26. The highest BCUT2D eigenvalue weighted by Crippen LogP contribution is 2.20. The maximum absolute atomic E-state index is 5.54. The van der Waals surface area contributed by atoms with Crippen LogP contribution in [0.1, 0.15) is 63.6 Å². The summed E-state index contributed by atoms with van der Waals surface area (Å²) < 4.78 is 31.7. The van der Waals surface area contributed by atoms with E-state index in [-0.39, 0.29) is 0 Å². The SMILES string of the molecule is CCC.CCCC.Cc1ccccc1OCC1CO1.Cc1ccccc1OCC1CO1.Cc1ccccc1OCC1CO1. The molecule has 0 bridgehead atoms. The fraction of sp³-hybridized carbons (Fsp3) is 0.514. The monoisotopic (exact) mass is 594 g/mol. The van der Waals surface area contributed by atoms with Crippen LogP contribution in [0.3, 0.4) is 0 Å². The first-order chi connectivity index (χ1) is 20.9. The van der Waals surface area contributed by atoms with Gasteiger partial charge in [0.2, 0.25) is 0 Å². The average Bonchev–Trinajstić information content (AvgIpc) is 3.87. The van der Waals surface area contributed by atoms with Crippen molar-refractivity contribution in [2.24, 2.45) is 0 Å². The van der Waals surface area contributed by atoms with Crippen molar-refractivity contribution in [3.63, 3.8) is 0 Å². The van der Waals surface area contributed by atoms with Crippen LogP contribution < -0.4 is 14.2 Å². The van der Waals surface area contributed by atoms with E-state index in [4.69, 9.17) is 28.4 Å². The van der Waals surface area contributed by atoms with E-state index in [0.29, 0.717) is 38.1 Å². The van der Waals surface area contributed by atoms with Crippen molar-refractivity contribution in [3.8, 4) is 17.2 Å². The van der Waals surface area contributed by atoms with Gasteiger partial charge in [-0.2, -0.15) is 0 Å². The largest absolute Gasteiger partial charge is 0.491 e. The van der Waals surface area contributed by atoms with Crippen LogP contribution in [0.15, 0.2) is 72.8 Å². The number of benzene rings is 3. The molecule has 6 nitrogen and oxygen atoms in total. The predicted molar refractivity (Wildman–Crippen MR) is 176 cm³/mol. The molecule has 0 aromatic heterocycles. The van der Waals surface area contributed by atoms with E-state index in [1.165, 1.54) is 36.0 Å². The minimum absolute atomic E-state index is 0.338. The molecule has 0 amide bonds. The van der Waals surface area contributed by atoms with E-state index in [1.54, 1.807) is 0 Å². The molecule has 3 aliphatic rings. The molecule has 3 atom stereocenters. The molecule has 3 aromatic rings. The molecule has 0 saturated carbocycles. The lowest BCUT2D eigenvalue weighted by molar-refractivity contribution is 0.262. The Kier molecular flexibility index (Phi) is 18.2. The van der Waals surface area contributed by atoms with E-state index in [1.807, 2.05) is 93.6 Å². The summed E-state index contributed by atoms with van der Waals surface area (Å²) in [5, 5.41) is 0. The van der Waals surface area contributed by atoms with Crippen molar-refractivity contribution >= 4 is 0 Å². The second-order valence-corrected chi connectivity index (χ2v) is 10.8. The van der Waals surface area contributed by atoms with Crippen LogP contribution >= 0.6 is 0 Å². The minimum atomic E-state index is 0.338. The normalized spacial score (nSPS) is 18.3. The van der Waals surface area contributed by atoms with Crippen LogP contribution in [-0.2, 0) is 14.2 Å². The van der Waals surface area contributed by atoms with Crippen molar-refractivity contribution in [1.29, 1.82) is 0 Å². The zero-order valence-corrected chi connectivity index (χ0v) is 27.5. The first-order valence-electron chi connectivity index (χ1n) is 15.8. The molecule has 43 heavy (non-hydrogen) atoms. The van der Waals surface area contributed by atoms with E-state index < -0.39 is 0 Å². The first kappa shape index (κ1) is 36.1. The highest BCUT2D eigenvalue weighted by molar-refractivity contribution is 5.33. The lowest BCUT2D eigenvalue weighted by Gasteiger charge is -2.06. The summed E-state index contributed by atoms with van der Waals surface area (Å²) >= 11 is 0. The average molecular weight is 595 g/mol. The Balaban J connectivity index is 0.000000203. The van der Waals surface area contributed by atoms with Crippen LogP contribution in [-0.4, -0.2) is 58.0 Å². The van der Waals surface area contributed by atoms with Crippen LogP contribution in [0.4, 0.5) is 0 Å². The second kappa shape index (κ2) is 21.6. The van der Waals surface area contributed by atoms with Crippen molar-refractivity contribution in [1.82, 2.24) is 0 Å². The van der Waals surface area contributed by atoms with Crippen molar-refractivity contribution in [2.45, 2.75) is 86.0 Å². The summed E-state index contributed by atoms with van der Waals surface area (Å²) in [4.78, 5) is 0. The third kappa shape index (κ3) is 17.6. The molecule has 0 N–H and O–H groups in total. The number of rotatable bonds is 10. The van der Waals surface area contributed by atoms with Crippen LogP contribution in [0.5, 0.6) is 17.2 Å².